The second-order valence-corrected chi connectivity index (χ2v) is 8.37. The monoisotopic (exact) mass is 355 g/mol. The molecule has 0 spiro atoms. The number of nitrogens with zero attached hydrogens (tertiary/aromatic N) is 2. The summed E-state index contributed by atoms with van der Waals surface area (Å²) < 4.78 is 0. The van der Waals surface area contributed by atoms with Gasteiger partial charge in [-0.25, -0.2) is 4.98 Å². The van der Waals surface area contributed by atoms with Crippen molar-refractivity contribution in [2.24, 2.45) is 0 Å². The van der Waals surface area contributed by atoms with Crippen LogP contribution in [0.2, 0.25) is 0 Å². The number of hydrogen-bond acceptors (Lipinski definition) is 4. The second kappa shape index (κ2) is 7.26. The summed E-state index contributed by atoms with van der Waals surface area (Å²) in [6, 6.07) is 8.92. The molecule has 2 aliphatic rings. The molecule has 1 aromatic heterocycles. The van der Waals surface area contributed by atoms with E-state index in [1.54, 1.807) is 6.20 Å². The average molecular weight is 356 g/mol. The van der Waals surface area contributed by atoms with Gasteiger partial charge >= 0.3 is 0 Å². The zero-order valence-electron chi connectivity index (χ0n) is 14.7. The van der Waals surface area contributed by atoms with Gasteiger partial charge in [0.15, 0.2) is 0 Å². The molecule has 1 amide bonds. The summed E-state index contributed by atoms with van der Waals surface area (Å²) in [7, 11) is 0. The number of likely N-dealkylation sites (tertiary alicyclic amines) is 1. The van der Waals surface area contributed by atoms with Crippen LogP contribution in [0, 0.1) is 0 Å². The minimum atomic E-state index is -0.0539. The molecule has 0 bridgehead atoms. The van der Waals surface area contributed by atoms with Crippen LogP contribution >= 0.6 is 11.3 Å². The minimum absolute atomic E-state index is 0.0539. The Kier molecular flexibility index (Phi) is 4.86. The fourth-order valence-corrected chi connectivity index (χ4v) is 4.41. The van der Waals surface area contributed by atoms with Crippen molar-refractivity contribution in [3.8, 4) is 0 Å². The number of piperidine rings is 1. The molecule has 4 rings (SSSR count). The van der Waals surface area contributed by atoms with Gasteiger partial charge in [-0.1, -0.05) is 18.6 Å². The Labute approximate surface area is 153 Å². The molecule has 5 heteroatoms. The lowest BCUT2D eigenvalue weighted by Gasteiger charge is -2.33. The topological polar surface area (TPSA) is 45.2 Å². The van der Waals surface area contributed by atoms with Gasteiger partial charge in [0.1, 0.15) is 4.88 Å². The number of rotatable bonds is 5. The van der Waals surface area contributed by atoms with Crippen LogP contribution in [0.1, 0.15) is 65.2 Å². The lowest BCUT2D eigenvalue weighted by Crippen LogP contribution is -2.36. The molecular formula is C20H25N3OS. The van der Waals surface area contributed by atoms with Crippen LogP contribution in [0.3, 0.4) is 0 Å². The smallest absolute Gasteiger partial charge is 0.267 e. The van der Waals surface area contributed by atoms with Gasteiger partial charge in [-0.05, 0) is 56.8 Å². The van der Waals surface area contributed by atoms with Crippen molar-refractivity contribution in [2.75, 3.05) is 11.9 Å². The van der Waals surface area contributed by atoms with Gasteiger partial charge in [-0.2, -0.15) is 0 Å². The van der Waals surface area contributed by atoms with E-state index in [-0.39, 0.29) is 5.91 Å². The van der Waals surface area contributed by atoms with Crippen LogP contribution in [0.15, 0.2) is 30.5 Å². The SMILES string of the molecule is CC1CCCCN1Cc1ccc(NC(=O)c2cnc(C3CC3)s2)cc1. The molecular weight excluding hydrogens is 330 g/mol. The van der Waals surface area contributed by atoms with Gasteiger partial charge in [0.05, 0.1) is 11.2 Å². The first-order valence-electron chi connectivity index (χ1n) is 9.29. The molecule has 0 radical (unpaired) electrons. The molecule has 1 saturated heterocycles. The molecule has 1 aromatic carbocycles. The number of hydrogen-bond donors (Lipinski definition) is 1. The van der Waals surface area contributed by atoms with Gasteiger partial charge in [0, 0.05) is 24.2 Å². The fraction of sp³-hybridized carbons (Fsp3) is 0.500. The number of benzene rings is 1. The van der Waals surface area contributed by atoms with Crippen LogP contribution in [0.25, 0.3) is 0 Å². The highest BCUT2D eigenvalue weighted by atomic mass is 32.1. The maximum atomic E-state index is 12.4. The second-order valence-electron chi connectivity index (χ2n) is 7.30. The van der Waals surface area contributed by atoms with Crippen LogP contribution < -0.4 is 5.32 Å². The lowest BCUT2D eigenvalue weighted by molar-refractivity contribution is 0.103. The largest absolute Gasteiger partial charge is 0.321 e. The molecule has 1 aliphatic carbocycles. The first-order valence-corrected chi connectivity index (χ1v) is 10.1. The summed E-state index contributed by atoms with van der Waals surface area (Å²) in [6.07, 6.45) is 8.09. The van der Waals surface area contributed by atoms with Crippen molar-refractivity contribution in [3.63, 3.8) is 0 Å². The first-order chi connectivity index (χ1) is 12.2. The van der Waals surface area contributed by atoms with Gasteiger partial charge in [0.25, 0.3) is 5.91 Å². The molecule has 132 valence electrons. The number of amides is 1. The number of carbonyl (C=O) groups excluding carboxylic acids is 1. The van der Waals surface area contributed by atoms with Crippen LogP contribution in [-0.4, -0.2) is 28.4 Å². The van der Waals surface area contributed by atoms with E-state index in [9.17, 15) is 4.79 Å². The Hall–Kier alpha value is -1.72. The van der Waals surface area contributed by atoms with E-state index in [2.05, 4.69) is 34.3 Å². The van der Waals surface area contributed by atoms with Crippen molar-refractivity contribution in [2.45, 2.75) is 57.5 Å². The molecule has 1 saturated carbocycles. The third-order valence-corrected chi connectivity index (χ3v) is 6.37. The Bertz CT molecular complexity index is 736. The summed E-state index contributed by atoms with van der Waals surface area (Å²) >= 11 is 1.53. The summed E-state index contributed by atoms with van der Waals surface area (Å²) in [6.45, 7) is 4.50. The van der Waals surface area contributed by atoms with Crippen LogP contribution in [-0.2, 0) is 6.54 Å². The van der Waals surface area contributed by atoms with Crippen molar-refractivity contribution < 1.29 is 4.79 Å². The van der Waals surface area contributed by atoms with Gasteiger partial charge in [-0.3, -0.25) is 9.69 Å². The van der Waals surface area contributed by atoms with Gasteiger partial charge in [-0.15, -0.1) is 11.3 Å². The molecule has 2 fully saturated rings. The average Bonchev–Trinajstić information content (AvgIpc) is 3.35. The van der Waals surface area contributed by atoms with E-state index >= 15 is 0 Å². The normalized spacial score (nSPS) is 21.2. The number of anilines is 1. The highest BCUT2D eigenvalue weighted by Gasteiger charge is 2.27. The quantitative estimate of drug-likeness (QED) is 0.849. The highest BCUT2D eigenvalue weighted by Crippen LogP contribution is 2.41. The maximum Gasteiger partial charge on any atom is 0.267 e. The highest BCUT2D eigenvalue weighted by molar-refractivity contribution is 7.13. The lowest BCUT2D eigenvalue weighted by atomic mass is 10.0. The third-order valence-electron chi connectivity index (χ3n) is 5.21. The molecule has 1 atom stereocenters. The zero-order chi connectivity index (χ0) is 17.2. The Morgan fingerprint density at radius 1 is 1.24 bits per heavy atom. The molecule has 25 heavy (non-hydrogen) atoms. The van der Waals surface area contributed by atoms with Crippen molar-refractivity contribution in [3.05, 3.63) is 45.9 Å². The van der Waals surface area contributed by atoms with E-state index in [4.69, 9.17) is 0 Å². The Balaban J connectivity index is 1.35. The Morgan fingerprint density at radius 2 is 2.04 bits per heavy atom. The molecule has 2 heterocycles. The predicted octanol–water partition coefficient (Wildman–Crippen LogP) is 4.65. The summed E-state index contributed by atoms with van der Waals surface area (Å²) in [5, 5.41) is 4.10. The summed E-state index contributed by atoms with van der Waals surface area (Å²) in [5.41, 5.74) is 2.15. The van der Waals surface area contributed by atoms with Crippen LogP contribution in [0.5, 0.6) is 0 Å². The molecule has 1 aliphatic heterocycles. The fourth-order valence-electron chi connectivity index (χ4n) is 3.42. The third kappa shape index (κ3) is 4.10. The minimum Gasteiger partial charge on any atom is -0.321 e. The number of carbonyl (C=O) groups is 1. The van der Waals surface area contributed by atoms with Crippen molar-refractivity contribution >= 4 is 22.9 Å². The van der Waals surface area contributed by atoms with E-state index in [1.165, 1.54) is 55.5 Å². The number of thiazole rings is 1. The zero-order valence-corrected chi connectivity index (χ0v) is 15.5. The summed E-state index contributed by atoms with van der Waals surface area (Å²) in [4.78, 5) is 20.0. The molecule has 1 N–H and O–H groups in total. The number of aromatic nitrogens is 1. The van der Waals surface area contributed by atoms with E-state index in [0.29, 0.717) is 16.8 Å². The Morgan fingerprint density at radius 3 is 2.76 bits per heavy atom. The summed E-state index contributed by atoms with van der Waals surface area (Å²) in [5.74, 6) is 0.546. The predicted molar refractivity (Wildman–Crippen MR) is 102 cm³/mol. The van der Waals surface area contributed by atoms with Crippen molar-refractivity contribution in [1.82, 2.24) is 9.88 Å². The molecule has 4 nitrogen and oxygen atoms in total. The number of nitrogens with one attached hydrogen (secondary N) is 1. The standard InChI is InChI=1S/C20H25N3OS/c1-14-4-2-3-11-23(14)13-15-5-9-17(10-6-15)22-19(24)18-12-21-20(25-18)16-7-8-16/h5-6,9-10,12,14,16H,2-4,7-8,11,13H2,1H3,(H,22,24). The van der Waals surface area contributed by atoms with Gasteiger partial charge in [0.2, 0.25) is 0 Å². The van der Waals surface area contributed by atoms with E-state index in [0.717, 1.165) is 17.2 Å². The van der Waals surface area contributed by atoms with Gasteiger partial charge < -0.3 is 5.32 Å². The van der Waals surface area contributed by atoms with E-state index in [1.807, 2.05) is 12.1 Å². The van der Waals surface area contributed by atoms with Crippen LogP contribution in [0.4, 0.5) is 5.69 Å². The molecule has 1 unspecified atom stereocenters. The molecule has 2 aromatic rings. The van der Waals surface area contributed by atoms with E-state index < -0.39 is 0 Å². The maximum absolute atomic E-state index is 12.4. The van der Waals surface area contributed by atoms with Crippen molar-refractivity contribution in [1.29, 1.82) is 0 Å². The first kappa shape index (κ1) is 16.7.